The molecule has 1 aliphatic rings. The Kier molecular flexibility index (Phi) is 5.02. The molecule has 0 saturated carbocycles. The molecule has 0 radical (unpaired) electrons. The number of sulfonamides is 1. The molecule has 1 N–H and O–H groups in total. The maximum atomic E-state index is 14.0. The van der Waals surface area contributed by atoms with Crippen LogP contribution in [0.5, 0.6) is 11.5 Å². The van der Waals surface area contributed by atoms with Crippen molar-refractivity contribution in [2.24, 2.45) is 0 Å². The number of hydrogen-bond acceptors (Lipinski definition) is 5. The molecule has 2 rings (SSSR count). The molecule has 21 heavy (non-hydrogen) atoms. The van der Waals surface area contributed by atoms with Gasteiger partial charge >= 0.3 is 0 Å². The Morgan fingerprint density at radius 1 is 1.33 bits per heavy atom. The molecule has 1 aromatic rings. The summed E-state index contributed by atoms with van der Waals surface area (Å²) >= 11 is 0. The number of rotatable bonds is 6. The second-order valence-electron chi connectivity index (χ2n) is 4.62. The summed E-state index contributed by atoms with van der Waals surface area (Å²) in [5, 5.41) is 0. The highest BCUT2D eigenvalue weighted by Crippen LogP contribution is 2.31. The second kappa shape index (κ2) is 6.59. The third kappa shape index (κ3) is 3.63. The van der Waals surface area contributed by atoms with E-state index in [9.17, 15) is 12.8 Å². The molecule has 0 aromatic heterocycles. The molecule has 0 amide bonds. The fourth-order valence-corrected chi connectivity index (χ4v) is 3.27. The first kappa shape index (κ1) is 16.0. The van der Waals surface area contributed by atoms with E-state index in [1.807, 2.05) is 0 Å². The van der Waals surface area contributed by atoms with Gasteiger partial charge in [-0.05, 0) is 12.8 Å². The molecule has 118 valence electrons. The van der Waals surface area contributed by atoms with Gasteiger partial charge in [-0.3, -0.25) is 0 Å². The van der Waals surface area contributed by atoms with Crippen molar-refractivity contribution in [2.75, 3.05) is 27.4 Å². The predicted octanol–water partition coefficient (Wildman–Crippen LogP) is 1.30. The molecule has 6 nitrogen and oxygen atoms in total. The van der Waals surface area contributed by atoms with Gasteiger partial charge in [-0.25, -0.2) is 17.5 Å². The van der Waals surface area contributed by atoms with Crippen LogP contribution in [0.1, 0.15) is 12.8 Å². The molecule has 1 atom stereocenters. The smallest absolute Gasteiger partial charge is 0.243 e. The summed E-state index contributed by atoms with van der Waals surface area (Å²) in [6, 6.07) is 2.09. The molecule has 1 fully saturated rings. The van der Waals surface area contributed by atoms with Crippen LogP contribution in [0.15, 0.2) is 17.0 Å². The zero-order valence-electron chi connectivity index (χ0n) is 11.9. The van der Waals surface area contributed by atoms with Crippen LogP contribution in [-0.4, -0.2) is 41.9 Å². The van der Waals surface area contributed by atoms with Crippen LogP contribution in [0.25, 0.3) is 0 Å². The lowest BCUT2D eigenvalue weighted by atomic mass is 10.2. The van der Waals surface area contributed by atoms with Crippen molar-refractivity contribution < 1.29 is 27.0 Å². The first-order valence-corrected chi connectivity index (χ1v) is 7.99. The fourth-order valence-electron chi connectivity index (χ4n) is 2.13. The Hall–Kier alpha value is -1.38. The molecule has 0 aliphatic carbocycles. The summed E-state index contributed by atoms with van der Waals surface area (Å²) in [6.45, 7) is 0.743. The van der Waals surface area contributed by atoms with E-state index in [0.29, 0.717) is 6.61 Å². The highest BCUT2D eigenvalue weighted by molar-refractivity contribution is 7.89. The normalized spacial score (nSPS) is 18.7. The van der Waals surface area contributed by atoms with Gasteiger partial charge in [0.05, 0.1) is 20.3 Å². The van der Waals surface area contributed by atoms with Gasteiger partial charge < -0.3 is 14.2 Å². The Bertz CT molecular complexity index is 599. The van der Waals surface area contributed by atoms with Crippen LogP contribution >= 0.6 is 0 Å². The third-order valence-electron chi connectivity index (χ3n) is 3.25. The van der Waals surface area contributed by atoms with Crippen molar-refractivity contribution in [2.45, 2.75) is 23.8 Å². The minimum absolute atomic E-state index is 0.121. The molecule has 1 aliphatic heterocycles. The molecular formula is C13H18FNO5S. The SMILES string of the molecule is COc1cc(F)c(S(=O)(=O)NC[C@H]2CCCO2)cc1OC. The number of hydrogen-bond donors (Lipinski definition) is 1. The van der Waals surface area contributed by atoms with Crippen LogP contribution in [-0.2, 0) is 14.8 Å². The van der Waals surface area contributed by atoms with Crippen molar-refractivity contribution in [3.63, 3.8) is 0 Å². The number of halogens is 1. The van der Waals surface area contributed by atoms with E-state index in [1.165, 1.54) is 14.2 Å². The van der Waals surface area contributed by atoms with Crippen molar-refractivity contribution >= 4 is 10.0 Å². The van der Waals surface area contributed by atoms with E-state index < -0.39 is 20.7 Å². The van der Waals surface area contributed by atoms with E-state index in [1.54, 1.807) is 0 Å². The first-order valence-electron chi connectivity index (χ1n) is 6.50. The first-order chi connectivity index (χ1) is 9.97. The molecular weight excluding hydrogens is 301 g/mol. The largest absolute Gasteiger partial charge is 0.493 e. The lowest BCUT2D eigenvalue weighted by Gasteiger charge is -2.14. The average molecular weight is 319 g/mol. The number of nitrogens with one attached hydrogen (secondary N) is 1. The van der Waals surface area contributed by atoms with E-state index in [-0.39, 0.29) is 24.1 Å². The minimum Gasteiger partial charge on any atom is -0.493 e. The average Bonchev–Trinajstić information content (AvgIpc) is 2.98. The summed E-state index contributed by atoms with van der Waals surface area (Å²) in [7, 11) is -1.28. The Labute approximate surface area is 123 Å². The molecule has 1 saturated heterocycles. The molecule has 0 unspecified atom stereocenters. The molecule has 1 heterocycles. The van der Waals surface area contributed by atoms with Crippen molar-refractivity contribution in [3.8, 4) is 11.5 Å². The topological polar surface area (TPSA) is 73.9 Å². The van der Waals surface area contributed by atoms with Gasteiger partial charge in [-0.1, -0.05) is 0 Å². The quantitative estimate of drug-likeness (QED) is 0.855. The second-order valence-corrected chi connectivity index (χ2v) is 6.36. The summed E-state index contributed by atoms with van der Waals surface area (Å²) in [5.41, 5.74) is 0. The van der Waals surface area contributed by atoms with Crippen LogP contribution in [0.4, 0.5) is 4.39 Å². The van der Waals surface area contributed by atoms with Crippen molar-refractivity contribution in [1.82, 2.24) is 4.72 Å². The number of benzene rings is 1. The van der Waals surface area contributed by atoms with Crippen LogP contribution in [0, 0.1) is 5.82 Å². The van der Waals surface area contributed by atoms with E-state index in [0.717, 1.165) is 25.0 Å². The maximum absolute atomic E-state index is 14.0. The Balaban J connectivity index is 2.22. The Morgan fingerprint density at radius 2 is 2.00 bits per heavy atom. The van der Waals surface area contributed by atoms with E-state index >= 15 is 0 Å². The number of methoxy groups -OCH3 is 2. The molecule has 0 bridgehead atoms. The third-order valence-corrected chi connectivity index (χ3v) is 4.69. The highest BCUT2D eigenvalue weighted by atomic mass is 32.2. The van der Waals surface area contributed by atoms with Crippen LogP contribution < -0.4 is 14.2 Å². The summed E-state index contributed by atoms with van der Waals surface area (Å²) < 4.78 is 55.9. The Morgan fingerprint density at radius 3 is 2.57 bits per heavy atom. The van der Waals surface area contributed by atoms with E-state index in [4.69, 9.17) is 14.2 Å². The number of ether oxygens (including phenoxy) is 3. The fraction of sp³-hybridized carbons (Fsp3) is 0.538. The predicted molar refractivity (Wildman–Crippen MR) is 73.7 cm³/mol. The van der Waals surface area contributed by atoms with Gasteiger partial charge in [0.1, 0.15) is 10.7 Å². The van der Waals surface area contributed by atoms with Gasteiger partial charge in [0.25, 0.3) is 0 Å². The molecule has 0 spiro atoms. The lowest BCUT2D eigenvalue weighted by Crippen LogP contribution is -2.32. The van der Waals surface area contributed by atoms with E-state index in [2.05, 4.69) is 4.72 Å². The van der Waals surface area contributed by atoms with Gasteiger partial charge in [0, 0.05) is 25.3 Å². The zero-order valence-corrected chi connectivity index (χ0v) is 12.7. The summed E-state index contributed by atoms with van der Waals surface area (Å²) in [4.78, 5) is -0.474. The lowest BCUT2D eigenvalue weighted by molar-refractivity contribution is 0.114. The van der Waals surface area contributed by atoms with Crippen LogP contribution in [0.2, 0.25) is 0 Å². The summed E-state index contributed by atoms with van der Waals surface area (Å²) in [5.74, 6) is -0.614. The van der Waals surface area contributed by atoms with Crippen LogP contribution in [0.3, 0.4) is 0 Å². The molecule has 8 heteroatoms. The van der Waals surface area contributed by atoms with Crippen molar-refractivity contribution in [1.29, 1.82) is 0 Å². The summed E-state index contributed by atoms with van der Waals surface area (Å²) in [6.07, 6.45) is 1.52. The monoisotopic (exact) mass is 319 g/mol. The van der Waals surface area contributed by atoms with Crippen molar-refractivity contribution in [3.05, 3.63) is 17.9 Å². The zero-order chi connectivity index (χ0) is 15.5. The molecule has 1 aromatic carbocycles. The van der Waals surface area contributed by atoms with Gasteiger partial charge in [-0.2, -0.15) is 0 Å². The standard InChI is InChI=1S/C13H18FNO5S/c1-18-11-6-10(14)13(7-12(11)19-2)21(16,17)15-8-9-4-3-5-20-9/h6-7,9,15H,3-5,8H2,1-2H3/t9-/m1/s1. The maximum Gasteiger partial charge on any atom is 0.243 e. The van der Waals surface area contributed by atoms with Gasteiger partial charge in [0.15, 0.2) is 11.5 Å². The minimum atomic E-state index is -3.98. The highest BCUT2D eigenvalue weighted by Gasteiger charge is 2.24. The van der Waals surface area contributed by atoms with Gasteiger partial charge in [0.2, 0.25) is 10.0 Å². The van der Waals surface area contributed by atoms with Gasteiger partial charge in [-0.15, -0.1) is 0 Å².